The Morgan fingerprint density at radius 3 is 1.24 bits per heavy atom. The van der Waals surface area contributed by atoms with Gasteiger partial charge < -0.3 is 119 Å². The lowest BCUT2D eigenvalue weighted by Gasteiger charge is -2.36. The summed E-state index contributed by atoms with van der Waals surface area (Å²) in [5.41, 5.74) is 52.3. The lowest BCUT2D eigenvalue weighted by atomic mass is 9.77. The van der Waals surface area contributed by atoms with Crippen molar-refractivity contribution in [2.75, 3.05) is 70.8 Å². The van der Waals surface area contributed by atoms with Gasteiger partial charge in [-0.3, -0.25) is 58.6 Å². The third-order valence-corrected chi connectivity index (χ3v) is 15.8. The zero-order chi connectivity index (χ0) is 71.4. The van der Waals surface area contributed by atoms with Crippen LogP contribution in [0.4, 0.5) is 5.69 Å². The number of amides is 10. The van der Waals surface area contributed by atoms with E-state index in [2.05, 4.69) is 58.5 Å². The maximum Gasteiger partial charge on any atom is 0.340 e. The van der Waals surface area contributed by atoms with Crippen molar-refractivity contribution >= 4 is 88.1 Å². The normalized spacial score (nSPS) is 14.8. The summed E-state index contributed by atoms with van der Waals surface area (Å²) in [4.78, 5) is 147. The molecule has 0 aromatic heterocycles. The molecule has 0 fully saturated rings. The Bertz CT molecular complexity index is 3240. The first-order valence-electron chi connectivity index (χ1n) is 31.8. The largest absolute Gasteiger partial charge is 0.508 e. The number of hydrogen-bond donors (Lipinski definition) is 22. The molecular weight excluding hydrogens is 1280 g/mol. The summed E-state index contributed by atoms with van der Waals surface area (Å²) in [6.45, 7) is -0.859. The van der Waals surface area contributed by atoms with Crippen LogP contribution in [0.1, 0.15) is 104 Å². The number of aromatic hydroxyl groups is 2. The molecule has 2 aliphatic rings. The maximum absolute atomic E-state index is 13.9. The van der Waals surface area contributed by atoms with E-state index in [-0.39, 0.29) is 144 Å². The quantitative estimate of drug-likeness (QED) is 0.0143. The molecule has 2 aliphatic heterocycles. The van der Waals surface area contributed by atoms with Gasteiger partial charge in [-0.2, -0.15) is 0 Å². The first kappa shape index (κ1) is 78.5. The Morgan fingerprint density at radius 1 is 0.464 bits per heavy atom. The number of imide groups is 1. The van der Waals surface area contributed by atoms with E-state index in [0.29, 0.717) is 48.2 Å². The Hall–Kier alpha value is -9.24. The fraction of sp³-hybridized carbons (Fsp3) is 0.508. The summed E-state index contributed by atoms with van der Waals surface area (Å²) < 4.78 is 12.1. The number of esters is 1. The monoisotopic (exact) mass is 1380 g/mol. The summed E-state index contributed by atoms with van der Waals surface area (Å²) >= 11 is 5.51. The average Bonchev–Trinajstić information content (AvgIpc) is 1.63. The van der Waals surface area contributed by atoms with Crippen LogP contribution >= 0.6 is 12.2 Å². The van der Waals surface area contributed by atoms with Gasteiger partial charge in [0.15, 0.2) is 10.7 Å². The summed E-state index contributed by atoms with van der Waals surface area (Å²) in [7, 11) is 0. The number of carbonyl (C=O) groups excluding carboxylic acids is 11. The minimum Gasteiger partial charge on any atom is -0.508 e. The molecule has 5 rings (SSSR count). The minimum atomic E-state index is -1.43. The van der Waals surface area contributed by atoms with Crippen molar-refractivity contribution in [3.05, 3.63) is 76.9 Å². The maximum atomic E-state index is 13.9. The molecular formula is C61H92N20O15S. The van der Waals surface area contributed by atoms with E-state index < -0.39 is 126 Å². The van der Waals surface area contributed by atoms with Crippen LogP contribution < -0.4 is 115 Å². The van der Waals surface area contributed by atoms with Gasteiger partial charge >= 0.3 is 5.97 Å². The predicted octanol–water partition coefficient (Wildman–Crippen LogP) is -6.22. The zero-order valence-electron chi connectivity index (χ0n) is 53.7. The van der Waals surface area contributed by atoms with E-state index in [9.17, 15) is 63.0 Å². The number of nitrogens with one attached hydrogen (secondary N) is 11. The van der Waals surface area contributed by atoms with Crippen molar-refractivity contribution in [1.29, 1.82) is 0 Å². The second kappa shape index (κ2) is 39.1. The Kier molecular flexibility index (Phi) is 31.6. The summed E-state index contributed by atoms with van der Waals surface area (Å²) in [5, 5.41) is 49.5. The molecule has 0 bridgehead atoms. The first-order valence-corrected chi connectivity index (χ1v) is 32.2. The molecule has 0 saturated heterocycles. The fourth-order valence-electron chi connectivity index (χ4n) is 10.7. The zero-order valence-corrected chi connectivity index (χ0v) is 54.5. The van der Waals surface area contributed by atoms with Crippen molar-refractivity contribution in [2.45, 2.75) is 131 Å². The molecule has 97 heavy (non-hydrogen) atoms. The van der Waals surface area contributed by atoms with E-state index in [0.717, 1.165) is 0 Å². The molecule has 0 aliphatic carbocycles. The molecule has 0 saturated carbocycles. The van der Waals surface area contributed by atoms with Crippen LogP contribution in [0.2, 0.25) is 0 Å². The number of benzene rings is 3. The summed E-state index contributed by atoms with van der Waals surface area (Å²) in [5.74, 6) is -8.41. The molecule has 36 heteroatoms. The summed E-state index contributed by atoms with van der Waals surface area (Å²) in [6.07, 6.45) is 0.691. The van der Waals surface area contributed by atoms with Crippen molar-refractivity contribution < 1.29 is 72.4 Å². The third-order valence-electron chi connectivity index (χ3n) is 15.6. The van der Waals surface area contributed by atoms with E-state index in [1.165, 1.54) is 24.3 Å². The van der Waals surface area contributed by atoms with Gasteiger partial charge in [0.2, 0.25) is 59.1 Å². The van der Waals surface area contributed by atoms with E-state index in [1.807, 2.05) is 0 Å². The number of rotatable bonds is 41. The van der Waals surface area contributed by atoms with Gasteiger partial charge in [-0.05, 0) is 165 Å². The number of thiocarbonyl (C=S) groups is 1. The number of hydrogen-bond acceptors (Lipinski definition) is 25. The topological polar surface area (TPSA) is 613 Å². The smallest absolute Gasteiger partial charge is 0.340 e. The molecule has 3 aromatic rings. The lowest BCUT2D eigenvalue weighted by molar-refractivity contribution is -0.136. The number of phenolic OH excluding ortho intramolecular Hbond substituents is 2. The van der Waals surface area contributed by atoms with Gasteiger partial charge in [0.25, 0.3) is 0 Å². The Morgan fingerprint density at radius 2 is 0.835 bits per heavy atom. The van der Waals surface area contributed by atoms with Crippen molar-refractivity contribution in [3.63, 3.8) is 0 Å². The SMILES string of the molecule is NCC[C@H](NC(=O)[C@H](CCN)NC(=O)[C@H](CCN)NC(=O)[C@H](CCN)NC(=O)[C@H](CCN)NC(=O)[C@H](CCN)NC(=O)[C@H](CCN)NC(=O)[C@H](CCN)NCC(=O)NC(=O)CCCCCNC(=S)Nc1ccc2c(c1)C(=O)OC21c2ccc(O)cc2Oc2cc(O)ccc21)C(N)=O. The summed E-state index contributed by atoms with van der Waals surface area (Å²) in [6, 6.07) is 3.56. The number of anilines is 1. The van der Waals surface area contributed by atoms with Crippen LogP contribution in [-0.2, 0) is 58.3 Å². The van der Waals surface area contributed by atoms with Crippen LogP contribution in [0.3, 0.4) is 0 Å². The van der Waals surface area contributed by atoms with Gasteiger partial charge in [0, 0.05) is 47.5 Å². The van der Waals surface area contributed by atoms with Gasteiger partial charge in [0.05, 0.1) is 18.2 Å². The molecule has 3 aromatic carbocycles. The van der Waals surface area contributed by atoms with Crippen LogP contribution in [0.25, 0.3) is 0 Å². The molecule has 2 heterocycles. The van der Waals surface area contributed by atoms with Crippen molar-refractivity contribution in [3.8, 4) is 23.0 Å². The number of phenols is 2. The van der Waals surface area contributed by atoms with Crippen LogP contribution in [0, 0.1) is 0 Å². The van der Waals surface area contributed by atoms with Gasteiger partial charge in [-0.15, -0.1) is 0 Å². The molecule has 1 spiro atoms. The standard InChI is InChI=1S/C61H92N20O15S/c62-19-11-39(51(70)86)74-53(88)41(13-21-64)76-55(90)43(15-23-66)78-57(92)45(17-25-68)80-58(93)46(18-26-69)79-56(91)44(16-24-67)77-54(89)42(14-22-65)75-52(87)40(12-20-63)72-31-50(85)81-49(84)4-2-1-3-27-71-60(97)73-32-5-8-36-35(28-32)59(94)96-61(36)37-9-6-33(82)29-47(37)95-48-30-34(83)7-10-38(48)61/h5-10,28-30,39-46,72,82-83H,1-4,11-27,31,62-69H2,(H2,70,86)(H,74,88)(H,75,87)(H,76,90)(H,77,89)(H,78,92)(H,79,91)(H,80,93)(H2,71,73,97)(H,81,84,85)/t39-,40-,41-,42-,43-,44-,45-,46-/m0/s1. The number of unbranched alkanes of at least 4 members (excludes halogenated alkanes) is 2. The average molecular weight is 1380 g/mol. The number of nitrogens with two attached hydrogens (primary N) is 9. The highest BCUT2D eigenvalue weighted by Crippen LogP contribution is 2.57. The molecule has 532 valence electrons. The number of primary amides is 1. The predicted molar refractivity (Wildman–Crippen MR) is 358 cm³/mol. The number of fused-ring (bicyclic) bond motifs is 6. The number of carbonyl (C=O) groups is 11. The van der Waals surface area contributed by atoms with Crippen molar-refractivity contribution in [1.82, 2.24) is 53.2 Å². The van der Waals surface area contributed by atoms with Gasteiger partial charge in [-0.1, -0.05) is 12.5 Å². The van der Waals surface area contributed by atoms with Crippen LogP contribution in [0.5, 0.6) is 23.0 Å². The fourth-order valence-corrected chi connectivity index (χ4v) is 10.9. The molecule has 0 radical (unpaired) electrons. The highest BCUT2D eigenvalue weighted by Gasteiger charge is 2.54. The van der Waals surface area contributed by atoms with Gasteiger partial charge in [-0.25, -0.2) is 4.79 Å². The number of ether oxygens (including phenoxy) is 2. The molecule has 31 N–H and O–H groups in total. The molecule has 0 unspecified atom stereocenters. The molecule has 35 nitrogen and oxygen atoms in total. The van der Waals surface area contributed by atoms with E-state index >= 15 is 0 Å². The van der Waals surface area contributed by atoms with Crippen molar-refractivity contribution in [2.24, 2.45) is 51.6 Å². The Labute approximate surface area is 564 Å². The highest BCUT2D eigenvalue weighted by atomic mass is 32.1. The Balaban J connectivity index is 1.07. The third kappa shape index (κ3) is 22.4. The molecule has 8 atom stereocenters. The van der Waals surface area contributed by atoms with Crippen LogP contribution in [0.15, 0.2) is 54.6 Å². The second-order valence-electron chi connectivity index (χ2n) is 22.8. The second-order valence-corrected chi connectivity index (χ2v) is 23.2. The highest BCUT2D eigenvalue weighted by molar-refractivity contribution is 7.80. The minimum absolute atomic E-state index is 0.00591. The van der Waals surface area contributed by atoms with E-state index in [4.69, 9.17) is 73.3 Å². The van der Waals surface area contributed by atoms with Gasteiger partial charge in [0.1, 0.15) is 65.3 Å². The lowest BCUT2D eigenvalue weighted by Crippen LogP contribution is -2.61. The van der Waals surface area contributed by atoms with E-state index in [1.54, 1.807) is 30.3 Å². The van der Waals surface area contributed by atoms with Crippen LogP contribution in [-0.4, -0.2) is 194 Å². The molecule has 10 amide bonds. The first-order chi connectivity index (χ1) is 46.4.